The number of carbonyl (C=O) groups excluding carboxylic acids is 1. The number of hydrogen-bond acceptors (Lipinski definition) is 5. The van der Waals surface area contributed by atoms with Crippen molar-refractivity contribution < 1.29 is 4.79 Å². The molecular formula is C18H24N4O2S. The number of fused-ring (bicyclic) bond motifs is 2. The number of aromatic nitrogens is 2. The van der Waals surface area contributed by atoms with Gasteiger partial charge in [-0.3, -0.25) is 14.2 Å². The SMILES string of the molecule is Cc1c(C(=O)NCCCN2CCCC2)sc2nc3n(c(=O)c12)CCC3. The summed E-state index contributed by atoms with van der Waals surface area (Å²) in [6.45, 7) is 6.69. The van der Waals surface area contributed by atoms with Gasteiger partial charge in [-0.15, -0.1) is 11.3 Å². The first-order valence-electron chi connectivity index (χ1n) is 9.18. The Hall–Kier alpha value is -1.73. The lowest BCUT2D eigenvalue weighted by atomic mass is 10.2. The molecule has 0 radical (unpaired) electrons. The molecule has 0 saturated carbocycles. The number of thiophene rings is 1. The van der Waals surface area contributed by atoms with Gasteiger partial charge in [0.25, 0.3) is 11.5 Å². The topological polar surface area (TPSA) is 67.2 Å². The number of aryl methyl sites for hydroxylation is 2. The average molecular weight is 360 g/mol. The predicted molar refractivity (Wildman–Crippen MR) is 99.6 cm³/mol. The van der Waals surface area contributed by atoms with Crippen LogP contribution < -0.4 is 10.9 Å². The van der Waals surface area contributed by atoms with Crippen LogP contribution >= 0.6 is 11.3 Å². The van der Waals surface area contributed by atoms with Crippen LogP contribution in [0.5, 0.6) is 0 Å². The summed E-state index contributed by atoms with van der Waals surface area (Å²) in [5.74, 6) is 0.780. The maximum Gasteiger partial charge on any atom is 0.262 e. The Balaban J connectivity index is 1.47. The first kappa shape index (κ1) is 16.7. The van der Waals surface area contributed by atoms with E-state index in [0.29, 0.717) is 21.6 Å². The Labute approximate surface area is 150 Å². The standard InChI is InChI=1S/C18H24N4O2S/c1-12-14-17(20-13-6-4-11-22(13)18(14)24)25-15(12)16(23)19-7-5-10-21-8-2-3-9-21/h2-11H2,1H3,(H,19,23). The van der Waals surface area contributed by atoms with Crippen molar-refractivity contribution in [2.45, 2.75) is 45.6 Å². The lowest BCUT2D eigenvalue weighted by molar-refractivity contribution is 0.0955. The van der Waals surface area contributed by atoms with Crippen LogP contribution in [-0.4, -0.2) is 46.5 Å². The van der Waals surface area contributed by atoms with Crippen LogP contribution in [0.3, 0.4) is 0 Å². The van der Waals surface area contributed by atoms with Crippen molar-refractivity contribution in [1.29, 1.82) is 0 Å². The molecule has 2 aromatic heterocycles. The van der Waals surface area contributed by atoms with Gasteiger partial charge in [0.15, 0.2) is 0 Å². The summed E-state index contributed by atoms with van der Waals surface area (Å²) in [4.78, 5) is 33.6. The number of hydrogen-bond donors (Lipinski definition) is 1. The van der Waals surface area contributed by atoms with Crippen LogP contribution in [-0.2, 0) is 13.0 Å². The smallest absolute Gasteiger partial charge is 0.262 e. The molecule has 1 amide bonds. The van der Waals surface area contributed by atoms with E-state index in [9.17, 15) is 9.59 Å². The maximum atomic E-state index is 12.7. The van der Waals surface area contributed by atoms with E-state index in [1.807, 2.05) is 6.92 Å². The Morgan fingerprint density at radius 2 is 2.04 bits per heavy atom. The molecule has 0 aliphatic carbocycles. The third kappa shape index (κ3) is 3.11. The van der Waals surface area contributed by atoms with Crippen molar-refractivity contribution in [1.82, 2.24) is 19.8 Å². The summed E-state index contributed by atoms with van der Waals surface area (Å²) in [5.41, 5.74) is 0.788. The van der Waals surface area contributed by atoms with Crippen molar-refractivity contribution in [3.05, 3.63) is 26.6 Å². The van der Waals surface area contributed by atoms with E-state index in [2.05, 4.69) is 15.2 Å². The van der Waals surface area contributed by atoms with Crippen molar-refractivity contribution in [3.63, 3.8) is 0 Å². The highest BCUT2D eigenvalue weighted by molar-refractivity contribution is 7.20. The summed E-state index contributed by atoms with van der Waals surface area (Å²) in [5, 5.41) is 3.63. The first-order valence-corrected chi connectivity index (χ1v) is 10.00. The molecule has 0 spiro atoms. The normalized spacial score (nSPS) is 17.3. The molecule has 0 bridgehead atoms. The van der Waals surface area contributed by atoms with Gasteiger partial charge in [0.1, 0.15) is 10.7 Å². The number of rotatable bonds is 5. The van der Waals surface area contributed by atoms with E-state index in [0.717, 1.165) is 43.7 Å². The number of nitrogens with one attached hydrogen (secondary N) is 1. The highest BCUT2D eigenvalue weighted by Gasteiger charge is 2.23. The van der Waals surface area contributed by atoms with Gasteiger partial charge in [0.05, 0.1) is 10.3 Å². The highest BCUT2D eigenvalue weighted by Crippen LogP contribution is 2.28. The van der Waals surface area contributed by atoms with Gasteiger partial charge in [0.2, 0.25) is 0 Å². The molecule has 0 unspecified atom stereocenters. The molecule has 2 aliphatic rings. The molecule has 1 fully saturated rings. The second kappa shape index (κ2) is 6.88. The van der Waals surface area contributed by atoms with Crippen LogP contribution in [0.25, 0.3) is 10.2 Å². The lowest BCUT2D eigenvalue weighted by Crippen LogP contribution is -2.28. The van der Waals surface area contributed by atoms with Gasteiger partial charge in [-0.2, -0.15) is 0 Å². The van der Waals surface area contributed by atoms with Crippen molar-refractivity contribution in [2.24, 2.45) is 0 Å². The minimum atomic E-state index is -0.0773. The van der Waals surface area contributed by atoms with Crippen LogP contribution in [0.15, 0.2) is 4.79 Å². The summed E-state index contributed by atoms with van der Waals surface area (Å²) in [6, 6.07) is 0. The molecule has 7 heteroatoms. The zero-order chi connectivity index (χ0) is 17.4. The van der Waals surface area contributed by atoms with Crippen LogP contribution in [0, 0.1) is 6.92 Å². The minimum Gasteiger partial charge on any atom is -0.351 e. The first-order chi connectivity index (χ1) is 12.1. The largest absolute Gasteiger partial charge is 0.351 e. The Morgan fingerprint density at radius 1 is 1.24 bits per heavy atom. The predicted octanol–water partition coefficient (Wildman–Crippen LogP) is 1.93. The fourth-order valence-corrected chi connectivity index (χ4v) is 4.99. The van der Waals surface area contributed by atoms with E-state index < -0.39 is 0 Å². The number of likely N-dealkylation sites (tertiary alicyclic amines) is 1. The molecule has 0 aromatic carbocycles. The molecule has 1 saturated heterocycles. The molecule has 1 N–H and O–H groups in total. The van der Waals surface area contributed by atoms with E-state index in [1.165, 1.54) is 37.3 Å². The molecule has 4 rings (SSSR count). The van der Waals surface area contributed by atoms with Gasteiger partial charge in [0, 0.05) is 19.5 Å². The monoisotopic (exact) mass is 360 g/mol. The zero-order valence-corrected chi connectivity index (χ0v) is 15.5. The van der Waals surface area contributed by atoms with Crippen molar-refractivity contribution >= 4 is 27.5 Å². The van der Waals surface area contributed by atoms with Crippen LogP contribution in [0.2, 0.25) is 0 Å². The molecule has 0 atom stereocenters. The van der Waals surface area contributed by atoms with E-state index in [4.69, 9.17) is 0 Å². The van der Waals surface area contributed by atoms with Crippen LogP contribution in [0.4, 0.5) is 0 Å². The van der Waals surface area contributed by atoms with E-state index in [1.54, 1.807) is 4.57 Å². The molecule has 134 valence electrons. The Bertz CT molecular complexity index is 864. The Kier molecular flexibility index (Phi) is 4.60. The summed E-state index contributed by atoms with van der Waals surface area (Å²) < 4.78 is 1.76. The van der Waals surface area contributed by atoms with E-state index >= 15 is 0 Å². The number of amides is 1. The third-order valence-corrected chi connectivity index (χ3v) is 6.44. The van der Waals surface area contributed by atoms with Crippen LogP contribution in [0.1, 0.15) is 46.7 Å². The van der Waals surface area contributed by atoms with Gasteiger partial charge in [-0.1, -0.05) is 0 Å². The molecule has 6 nitrogen and oxygen atoms in total. The second-order valence-corrected chi connectivity index (χ2v) is 7.98. The molecule has 2 aromatic rings. The summed E-state index contributed by atoms with van der Waals surface area (Å²) in [7, 11) is 0. The van der Waals surface area contributed by atoms with Gasteiger partial charge in [-0.05, 0) is 57.8 Å². The second-order valence-electron chi connectivity index (χ2n) is 6.98. The van der Waals surface area contributed by atoms with Gasteiger partial charge < -0.3 is 10.2 Å². The molecule has 2 aliphatic heterocycles. The van der Waals surface area contributed by atoms with Crippen molar-refractivity contribution in [3.8, 4) is 0 Å². The highest BCUT2D eigenvalue weighted by atomic mass is 32.1. The molecule has 25 heavy (non-hydrogen) atoms. The van der Waals surface area contributed by atoms with Gasteiger partial charge in [-0.25, -0.2) is 4.98 Å². The fourth-order valence-electron chi connectivity index (χ4n) is 3.88. The average Bonchev–Trinajstić information content (AvgIpc) is 3.32. The van der Waals surface area contributed by atoms with E-state index in [-0.39, 0.29) is 11.5 Å². The quantitative estimate of drug-likeness (QED) is 0.828. The Morgan fingerprint density at radius 3 is 2.84 bits per heavy atom. The minimum absolute atomic E-state index is 0.0133. The lowest BCUT2D eigenvalue weighted by Gasteiger charge is -2.14. The third-order valence-electron chi connectivity index (χ3n) is 5.25. The molecular weight excluding hydrogens is 336 g/mol. The van der Waals surface area contributed by atoms with Crippen molar-refractivity contribution in [2.75, 3.05) is 26.2 Å². The summed E-state index contributed by atoms with van der Waals surface area (Å²) in [6.07, 6.45) is 5.37. The zero-order valence-electron chi connectivity index (χ0n) is 14.6. The fraction of sp³-hybridized carbons (Fsp3) is 0.611. The van der Waals surface area contributed by atoms with Gasteiger partial charge >= 0.3 is 0 Å². The number of carbonyl (C=O) groups is 1. The maximum absolute atomic E-state index is 12.7. The summed E-state index contributed by atoms with van der Waals surface area (Å²) >= 11 is 1.35. The number of nitrogens with zero attached hydrogens (tertiary/aromatic N) is 3. The molecule has 4 heterocycles.